The maximum Gasteiger partial charge on any atom is 0.287 e. The van der Waals surface area contributed by atoms with Crippen LogP contribution in [0.2, 0.25) is 0 Å². The van der Waals surface area contributed by atoms with Crippen LogP contribution in [0.25, 0.3) is 6.08 Å². The molecule has 5 heteroatoms. The average Bonchev–Trinajstić information content (AvgIpc) is 2.30. The molecule has 0 amide bonds. The zero-order valence-electron chi connectivity index (χ0n) is 6.39. The van der Waals surface area contributed by atoms with E-state index in [2.05, 4.69) is 0 Å². The second kappa shape index (κ2) is 3.38. The lowest BCUT2D eigenvalue weighted by Gasteiger charge is -1.82. The van der Waals surface area contributed by atoms with E-state index >= 15 is 0 Å². The van der Waals surface area contributed by atoms with Crippen LogP contribution in [0.15, 0.2) is 16.9 Å². The molecule has 0 aliphatic rings. The summed E-state index contributed by atoms with van der Waals surface area (Å²) in [4.78, 5) is 0.810. The minimum atomic E-state index is -3.99. The smallest absolute Gasteiger partial charge is 0.282 e. The van der Waals surface area contributed by atoms with Crippen LogP contribution in [0.3, 0.4) is 0 Å². The first-order valence-electron chi connectivity index (χ1n) is 3.18. The minimum absolute atomic E-state index is 0.776. The first-order valence-corrected chi connectivity index (χ1v) is 5.56. The fourth-order valence-corrected chi connectivity index (χ4v) is 1.89. The number of hydrogen-bond acceptors (Lipinski definition) is 3. The third-order valence-electron chi connectivity index (χ3n) is 1.16. The first-order chi connectivity index (χ1) is 5.47. The van der Waals surface area contributed by atoms with E-state index in [-0.39, 0.29) is 0 Å². The van der Waals surface area contributed by atoms with Gasteiger partial charge in [0.05, 0.1) is 5.41 Å². The molecule has 0 atom stereocenters. The molecule has 0 aliphatic carbocycles. The second-order valence-electron chi connectivity index (χ2n) is 2.34. The van der Waals surface area contributed by atoms with Crippen molar-refractivity contribution < 1.29 is 13.0 Å². The zero-order chi connectivity index (χ0) is 9.19. The maximum atomic E-state index is 10.3. The van der Waals surface area contributed by atoms with Gasteiger partial charge in [-0.25, -0.2) is 0 Å². The molecule has 12 heavy (non-hydrogen) atoms. The second-order valence-corrected chi connectivity index (χ2v) is 4.59. The van der Waals surface area contributed by atoms with Gasteiger partial charge in [-0.15, -0.1) is 11.3 Å². The van der Waals surface area contributed by atoms with Crippen molar-refractivity contribution in [2.24, 2.45) is 0 Å². The van der Waals surface area contributed by atoms with Crippen LogP contribution in [0.5, 0.6) is 0 Å². The van der Waals surface area contributed by atoms with E-state index in [1.54, 1.807) is 0 Å². The van der Waals surface area contributed by atoms with Crippen LogP contribution >= 0.6 is 11.3 Å². The average molecular weight is 204 g/mol. The summed E-state index contributed by atoms with van der Waals surface area (Å²) < 4.78 is 28.9. The molecule has 0 saturated carbocycles. The Labute approximate surface area is 75.1 Å². The summed E-state index contributed by atoms with van der Waals surface area (Å²) in [6.45, 7) is 1.92. The molecule has 0 fully saturated rings. The molecule has 1 aromatic rings. The largest absolute Gasteiger partial charge is 0.287 e. The summed E-state index contributed by atoms with van der Waals surface area (Å²) in [7, 11) is -3.99. The zero-order valence-corrected chi connectivity index (χ0v) is 8.02. The topological polar surface area (TPSA) is 54.4 Å². The Morgan fingerprint density at radius 1 is 1.58 bits per heavy atom. The van der Waals surface area contributed by atoms with Crippen molar-refractivity contribution in [3.63, 3.8) is 0 Å². The quantitative estimate of drug-likeness (QED) is 0.749. The highest BCUT2D eigenvalue weighted by Gasteiger charge is 1.96. The molecule has 0 aliphatic heterocycles. The molecule has 0 bridgehead atoms. The van der Waals surface area contributed by atoms with Crippen LogP contribution in [0.1, 0.15) is 10.4 Å². The normalized spacial score (nSPS) is 12.5. The van der Waals surface area contributed by atoms with Crippen molar-refractivity contribution in [3.8, 4) is 0 Å². The Balaban J connectivity index is 2.84. The molecule has 0 radical (unpaired) electrons. The fourth-order valence-electron chi connectivity index (χ4n) is 0.694. The third kappa shape index (κ3) is 3.17. The first kappa shape index (κ1) is 9.44. The van der Waals surface area contributed by atoms with Crippen LogP contribution in [0, 0.1) is 6.92 Å². The van der Waals surface area contributed by atoms with Gasteiger partial charge in [0.25, 0.3) is 10.1 Å². The highest BCUT2D eigenvalue weighted by molar-refractivity contribution is 7.88. The molecule has 0 aromatic carbocycles. The molecule has 0 spiro atoms. The van der Waals surface area contributed by atoms with E-state index < -0.39 is 10.1 Å². The van der Waals surface area contributed by atoms with Gasteiger partial charge < -0.3 is 0 Å². The van der Waals surface area contributed by atoms with E-state index in [4.69, 9.17) is 4.55 Å². The summed E-state index contributed by atoms with van der Waals surface area (Å²) in [5.41, 5.74) is 1.08. The Morgan fingerprint density at radius 2 is 2.25 bits per heavy atom. The van der Waals surface area contributed by atoms with Gasteiger partial charge in [-0.1, -0.05) is 0 Å². The van der Waals surface area contributed by atoms with E-state index in [0.717, 1.165) is 15.8 Å². The summed E-state index contributed by atoms with van der Waals surface area (Å²) in [6.07, 6.45) is 1.37. The van der Waals surface area contributed by atoms with Gasteiger partial charge in [-0.2, -0.15) is 8.42 Å². The molecule has 66 valence electrons. The highest BCUT2D eigenvalue weighted by Crippen LogP contribution is 2.15. The van der Waals surface area contributed by atoms with Gasteiger partial charge in [0.2, 0.25) is 0 Å². The van der Waals surface area contributed by atoms with Crippen LogP contribution in [-0.4, -0.2) is 13.0 Å². The third-order valence-corrected chi connectivity index (χ3v) is 2.65. The van der Waals surface area contributed by atoms with Gasteiger partial charge in [-0.3, -0.25) is 4.55 Å². The monoisotopic (exact) mass is 204 g/mol. The summed E-state index contributed by atoms with van der Waals surface area (Å²) in [5.74, 6) is 0. The number of aryl methyl sites for hydroxylation is 1. The van der Waals surface area contributed by atoms with Crippen LogP contribution in [0.4, 0.5) is 0 Å². The van der Waals surface area contributed by atoms with E-state index in [1.807, 2.05) is 18.4 Å². The summed E-state index contributed by atoms with van der Waals surface area (Å²) in [5, 5.41) is 2.68. The molecule has 3 nitrogen and oxygen atoms in total. The van der Waals surface area contributed by atoms with Gasteiger partial charge in [0.15, 0.2) is 0 Å². The lowest BCUT2D eigenvalue weighted by molar-refractivity contribution is 0.494. The number of rotatable bonds is 2. The standard InChI is InChI=1S/C7H8O3S2/c1-6-4-7(11-5-6)2-3-12(8,9)10/h2-5H,1H3,(H,8,9,10). The van der Waals surface area contributed by atoms with Gasteiger partial charge >= 0.3 is 0 Å². The predicted molar refractivity (Wildman–Crippen MR) is 49.6 cm³/mol. The number of thiophene rings is 1. The predicted octanol–water partition coefficient (Wildman–Crippen LogP) is 1.92. The van der Waals surface area contributed by atoms with Gasteiger partial charge in [-0.05, 0) is 30.0 Å². The van der Waals surface area contributed by atoms with Crippen molar-refractivity contribution in [2.75, 3.05) is 0 Å². The molecule has 1 heterocycles. The SMILES string of the molecule is Cc1csc(C=CS(=O)(=O)O)c1. The molecule has 1 rings (SSSR count). The summed E-state index contributed by atoms with van der Waals surface area (Å²) >= 11 is 1.43. The molecule has 1 aromatic heterocycles. The lowest BCUT2D eigenvalue weighted by Crippen LogP contribution is -1.88. The van der Waals surface area contributed by atoms with Crippen molar-refractivity contribution in [3.05, 3.63) is 27.3 Å². The molecular formula is C7H8O3S2. The molecule has 1 N–H and O–H groups in total. The Bertz CT molecular complexity index is 387. The maximum absolute atomic E-state index is 10.3. The van der Waals surface area contributed by atoms with Crippen molar-refractivity contribution in [1.29, 1.82) is 0 Å². The molecule has 0 saturated heterocycles. The van der Waals surface area contributed by atoms with Gasteiger partial charge in [0, 0.05) is 4.88 Å². The van der Waals surface area contributed by atoms with Crippen molar-refractivity contribution in [1.82, 2.24) is 0 Å². The van der Waals surface area contributed by atoms with Crippen LogP contribution in [-0.2, 0) is 10.1 Å². The Hall–Kier alpha value is -0.650. The highest BCUT2D eigenvalue weighted by atomic mass is 32.2. The van der Waals surface area contributed by atoms with Crippen molar-refractivity contribution >= 4 is 27.5 Å². The fraction of sp³-hybridized carbons (Fsp3) is 0.143. The molecular weight excluding hydrogens is 196 g/mol. The lowest BCUT2D eigenvalue weighted by atomic mass is 10.3. The Morgan fingerprint density at radius 3 is 2.67 bits per heavy atom. The van der Waals surface area contributed by atoms with E-state index in [0.29, 0.717) is 0 Å². The van der Waals surface area contributed by atoms with Gasteiger partial charge in [0.1, 0.15) is 0 Å². The number of hydrogen-bond donors (Lipinski definition) is 1. The van der Waals surface area contributed by atoms with E-state index in [9.17, 15) is 8.42 Å². The van der Waals surface area contributed by atoms with Crippen molar-refractivity contribution in [2.45, 2.75) is 6.92 Å². The summed E-state index contributed by atoms with van der Waals surface area (Å²) in [6, 6.07) is 1.84. The molecule has 0 unspecified atom stereocenters. The Kier molecular flexibility index (Phi) is 2.66. The van der Waals surface area contributed by atoms with E-state index in [1.165, 1.54) is 17.4 Å². The minimum Gasteiger partial charge on any atom is -0.282 e. The van der Waals surface area contributed by atoms with Crippen LogP contribution < -0.4 is 0 Å².